The summed E-state index contributed by atoms with van der Waals surface area (Å²) in [6, 6.07) is 25.9. The number of carbonyl (C=O) groups is 1. The predicted molar refractivity (Wildman–Crippen MR) is 104 cm³/mol. The minimum atomic E-state index is -0.130. The Morgan fingerprint density at radius 1 is 0.600 bits per heavy atom. The molecule has 4 aromatic rings. The number of hydrogen-bond donors (Lipinski definition) is 0. The number of carbonyl (C=O) groups excluding carboxylic acids is 1. The topological polar surface area (TPSA) is 17.1 Å². The second-order valence-corrected chi connectivity index (χ2v) is 8.02. The number of thioether (sulfide) groups is 1. The van der Waals surface area contributed by atoms with Crippen molar-refractivity contribution in [1.29, 1.82) is 0 Å². The van der Waals surface area contributed by atoms with Crippen molar-refractivity contribution in [3.8, 4) is 0 Å². The molecule has 2 heteroatoms. The lowest BCUT2D eigenvalue weighted by atomic mass is 9.76. The molecule has 4 aromatic carbocycles. The number of benzene rings is 4. The van der Waals surface area contributed by atoms with Crippen molar-refractivity contribution in [2.45, 2.75) is 11.2 Å². The predicted octanol–water partition coefficient (Wildman–Crippen LogP) is 5.80. The van der Waals surface area contributed by atoms with E-state index in [0.717, 1.165) is 0 Å². The van der Waals surface area contributed by atoms with E-state index in [1.165, 1.54) is 55.6 Å². The molecule has 118 valence electrons. The summed E-state index contributed by atoms with van der Waals surface area (Å²) in [6.45, 7) is 0. The van der Waals surface area contributed by atoms with Gasteiger partial charge in [0.1, 0.15) is 0 Å². The molecule has 0 aromatic heterocycles. The van der Waals surface area contributed by atoms with Crippen molar-refractivity contribution in [3.63, 3.8) is 0 Å². The third kappa shape index (κ3) is 1.78. The first-order valence-electron chi connectivity index (χ1n) is 8.55. The van der Waals surface area contributed by atoms with E-state index in [1.54, 1.807) is 0 Å². The molecule has 0 spiro atoms. The highest BCUT2D eigenvalue weighted by molar-refractivity contribution is 8.14. The molecular formula is C23H14OS. The van der Waals surface area contributed by atoms with Crippen LogP contribution in [0.5, 0.6) is 0 Å². The summed E-state index contributed by atoms with van der Waals surface area (Å²) in [5.74, 6) is -0.130. The lowest BCUT2D eigenvalue weighted by Gasteiger charge is -2.39. The molecule has 2 aliphatic heterocycles. The summed E-state index contributed by atoms with van der Waals surface area (Å²) in [4.78, 5) is 12.8. The van der Waals surface area contributed by atoms with Crippen molar-refractivity contribution in [1.82, 2.24) is 0 Å². The monoisotopic (exact) mass is 338 g/mol. The molecule has 2 bridgehead atoms. The zero-order valence-electron chi connectivity index (χ0n) is 13.4. The lowest BCUT2D eigenvalue weighted by molar-refractivity contribution is -0.111. The van der Waals surface area contributed by atoms with Gasteiger partial charge in [-0.1, -0.05) is 60.3 Å². The van der Waals surface area contributed by atoms with Crippen molar-refractivity contribution < 1.29 is 4.79 Å². The summed E-state index contributed by atoms with van der Waals surface area (Å²) < 4.78 is 0. The fourth-order valence-electron chi connectivity index (χ4n) is 4.41. The van der Waals surface area contributed by atoms with Crippen LogP contribution >= 0.6 is 11.8 Å². The first-order chi connectivity index (χ1) is 12.3. The highest BCUT2D eigenvalue weighted by atomic mass is 32.2. The van der Waals surface area contributed by atoms with Gasteiger partial charge in [-0.3, -0.25) is 4.79 Å². The Morgan fingerprint density at radius 3 is 1.44 bits per heavy atom. The van der Waals surface area contributed by atoms with Crippen LogP contribution in [0.25, 0.3) is 21.5 Å². The van der Waals surface area contributed by atoms with E-state index in [2.05, 4.69) is 72.8 Å². The van der Waals surface area contributed by atoms with Gasteiger partial charge in [0.2, 0.25) is 5.12 Å². The fourth-order valence-corrected chi connectivity index (χ4v) is 5.69. The molecular weight excluding hydrogens is 324 g/mol. The third-order valence-electron chi connectivity index (χ3n) is 5.56. The van der Waals surface area contributed by atoms with Gasteiger partial charge < -0.3 is 0 Å². The van der Waals surface area contributed by atoms with E-state index in [-0.39, 0.29) is 16.3 Å². The summed E-state index contributed by atoms with van der Waals surface area (Å²) in [6.07, 6.45) is 0. The van der Waals surface area contributed by atoms with Crippen molar-refractivity contribution >= 4 is 38.4 Å². The lowest BCUT2D eigenvalue weighted by Crippen LogP contribution is -2.28. The van der Waals surface area contributed by atoms with Crippen LogP contribution in [-0.4, -0.2) is 5.12 Å². The number of fused-ring (bicyclic) bond motifs is 3. The molecule has 3 aliphatic rings. The van der Waals surface area contributed by atoms with E-state index in [1.807, 2.05) is 0 Å². The molecule has 0 radical (unpaired) electrons. The Balaban J connectivity index is 1.70. The van der Waals surface area contributed by atoms with Gasteiger partial charge in [-0.15, -0.1) is 0 Å². The molecule has 7 rings (SSSR count). The zero-order chi connectivity index (χ0) is 16.5. The SMILES string of the molecule is O=C1SC2c3cc4ccccc4cc3C1c1cc3ccccc3cc12. The van der Waals surface area contributed by atoms with Crippen LogP contribution < -0.4 is 0 Å². The highest BCUT2D eigenvalue weighted by Crippen LogP contribution is 2.57. The van der Waals surface area contributed by atoms with E-state index in [0.29, 0.717) is 0 Å². The molecule has 0 atom stereocenters. The van der Waals surface area contributed by atoms with Gasteiger partial charge in [-0.2, -0.15) is 0 Å². The Hall–Kier alpha value is -2.58. The molecule has 25 heavy (non-hydrogen) atoms. The van der Waals surface area contributed by atoms with Crippen molar-refractivity contribution in [2.75, 3.05) is 0 Å². The van der Waals surface area contributed by atoms with Crippen molar-refractivity contribution in [2.24, 2.45) is 0 Å². The van der Waals surface area contributed by atoms with Crippen LogP contribution in [-0.2, 0) is 4.79 Å². The Kier molecular flexibility index (Phi) is 2.59. The average molecular weight is 338 g/mol. The van der Waals surface area contributed by atoms with Gasteiger partial charge in [0.25, 0.3) is 0 Å². The zero-order valence-corrected chi connectivity index (χ0v) is 14.2. The number of hydrogen-bond acceptors (Lipinski definition) is 2. The fraction of sp³-hybridized carbons (Fsp3) is 0.0870. The minimum Gasteiger partial charge on any atom is -0.286 e. The second kappa shape index (κ2) is 4.74. The van der Waals surface area contributed by atoms with Gasteiger partial charge >= 0.3 is 0 Å². The maximum Gasteiger partial charge on any atom is 0.201 e. The van der Waals surface area contributed by atoms with Gasteiger partial charge in [-0.25, -0.2) is 0 Å². The first-order valence-corrected chi connectivity index (χ1v) is 9.43. The van der Waals surface area contributed by atoms with E-state index >= 15 is 0 Å². The standard InChI is InChI=1S/C23H14OS/c24-23-21-17-9-13-5-1-3-7-15(13)11-19(17)22(25-23)20-12-16-8-4-2-6-14(16)10-18(20)21/h1-12,21-22H. The largest absolute Gasteiger partial charge is 0.286 e. The Morgan fingerprint density at radius 2 is 1.00 bits per heavy atom. The van der Waals surface area contributed by atoms with Gasteiger partial charge in [-0.05, 0) is 68.1 Å². The highest BCUT2D eigenvalue weighted by Gasteiger charge is 2.43. The van der Waals surface area contributed by atoms with E-state index < -0.39 is 0 Å². The molecule has 0 N–H and O–H groups in total. The number of rotatable bonds is 0. The van der Waals surface area contributed by atoms with Gasteiger partial charge in [0.15, 0.2) is 0 Å². The van der Waals surface area contributed by atoms with Crippen LogP contribution in [0.15, 0.2) is 72.8 Å². The summed E-state index contributed by atoms with van der Waals surface area (Å²) in [5, 5.41) is 5.35. The molecule has 0 fully saturated rings. The molecule has 1 aliphatic carbocycles. The Bertz CT molecular complexity index is 1120. The quantitative estimate of drug-likeness (QED) is 0.403. The molecule has 2 heterocycles. The molecule has 0 saturated heterocycles. The normalized spacial score (nSPS) is 20.7. The van der Waals surface area contributed by atoms with Gasteiger partial charge in [0, 0.05) is 0 Å². The smallest absolute Gasteiger partial charge is 0.201 e. The minimum absolute atomic E-state index is 0.122. The second-order valence-electron chi connectivity index (χ2n) is 6.91. The third-order valence-corrected chi connectivity index (χ3v) is 6.77. The van der Waals surface area contributed by atoms with E-state index in [4.69, 9.17) is 0 Å². The van der Waals surface area contributed by atoms with Crippen LogP contribution in [0.3, 0.4) is 0 Å². The maximum absolute atomic E-state index is 12.8. The maximum atomic E-state index is 12.8. The summed E-state index contributed by atoms with van der Waals surface area (Å²) in [7, 11) is 0. The Labute approximate surface area is 149 Å². The molecule has 0 unspecified atom stereocenters. The molecule has 0 amide bonds. The van der Waals surface area contributed by atoms with Crippen LogP contribution in [0.1, 0.15) is 33.4 Å². The average Bonchev–Trinajstić information content (AvgIpc) is 2.65. The molecule has 1 nitrogen and oxygen atoms in total. The van der Waals surface area contributed by atoms with Crippen LogP contribution in [0.2, 0.25) is 0 Å². The van der Waals surface area contributed by atoms with Crippen LogP contribution in [0.4, 0.5) is 0 Å². The van der Waals surface area contributed by atoms with Gasteiger partial charge in [0.05, 0.1) is 11.2 Å². The first kappa shape index (κ1) is 13.7. The summed E-state index contributed by atoms with van der Waals surface area (Å²) >= 11 is 1.50. The van der Waals surface area contributed by atoms with E-state index in [9.17, 15) is 4.79 Å². The van der Waals surface area contributed by atoms with Crippen molar-refractivity contribution in [3.05, 3.63) is 95.1 Å². The summed E-state index contributed by atoms with van der Waals surface area (Å²) in [5.41, 5.74) is 5.04. The van der Waals surface area contributed by atoms with Crippen LogP contribution in [0, 0.1) is 0 Å². The molecule has 0 saturated carbocycles.